The Balaban J connectivity index is 1.98. The Hall–Kier alpha value is -0.380. The molecular formula is C12H13Cl2NOS. The number of carbonyl (C=O) groups excluding carboxylic acids is 1. The highest BCUT2D eigenvalue weighted by atomic mass is 35.5. The molecule has 2 nitrogen and oxygen atoms in total. The Labute approximate surface area is 115 Å². The Bertz CT molecular complexity index is 435. The molecule has 1 N–H and O–H groups in total. The van der Waals surface area contributed by atoms with Crippen molar-refractivity contribution < 1.29 is 4.79 Å². The zero-order valence-electron chi connectivity index (χ0n) is 9.37. The standard InChI is InChI=1S/C12H13Cl2NOS/c1-7(12(16)15-9-3-4-9)17-11-6-8(13)2-5-10(11)14/h2,5-7,9H,3-4H2,1H3,(H,15,16). The normalized spacial score (nSPS) is 16.6. The monoisotopic (exact) mass is 289 g/mol. The van der Waals surface area contributed by atoms with Crippen LogP contribution in [0.25, 0.3) is 0 Å². The van der Waals surface area contributed by atoms with Gasteiger partial charge in [-0.05, 0) is 38.0 Å². The van der Waals surface area contributed by atoms with Crippen molar-refractivity contribution in [3.05, 3.63) is 28.2 Å². The quantitative estimate of drug-likeness (QED) is 0.856. The smallest absolute Gasteiger partial charge is 0.233 e. The van der Waals surface area contributed by atoms with Crippen LogP contribution in [0.1, 0.15) is 19.8 Å². The summed E-state index contributed by atoms with van der Waals surface area (Å²) in [4.78, 5) is 12.6. The van der Waals surface area contributed by atoms with Crippen molar-refractivity contribution in [3.63, 3.8) is 0 Å². The molecule has 1 aliphatic carbocycles. The summed E-state index contributed by atoms with van der Waals surface area (Å²) in [7, 11) is 0. The minimum atomic E-state index is -0.161. The molecule has 17 heavy (non-hydrogen) atoms. The lowest BCUT2D eigenvalue weighted by molar-refractivity contribution is -0.120. The van der Waals surface area contributed by atoms with Crippen LogP contribution in [0, 0.1) is 0 Å². The number of halogens is 2. The van der Waals surface area contributed by atoms with Crippen LogP contribution in [0.5, 0.6) is 0 Å². The van der Waals surface area contributed by atoms with E-state index in [1.807, 2.05) is 6.92 Å². The molecule has 2 rings (SSSR count). The SMILES string of the molecule is CC(Sc1cc(Cl)ccc1Cl)C(=O)NC1CC1. The van der Waals surface area contributed by atoms with Gasteiger partial charge in [0.25, 0.3) is 0 Å². The van der Waals surface area contributed by atoms with E-state index in [0.29, 0.717) is 16.1 Å². The van der Waals surface area contributed by atoms with E-state index >= 15 is 0 Å². The van der Waals surface area contributed by atoms with Crippen LogP contribution in [0.4, 0.5) is 0 Å². The zero-order valence-corrected chi connectivity index (χ0v) is 11.7. The van der Waals surface area contributed by atoms with Gasteiger partial charge >= 0.3 is 0 Å². The van der Waals surface area contributed by atoms with Crippen LogP contribution >= 0.6 is 35.0 Å². The molecular weight excluding hydrogens is 277 g/mol. The first kappa shape index (κ1) is 13.1. The van der Waals surface area contributed by atoms with Crippen molar-refractivity contribution in [2.45, 2.75) is 36.0 Å². The van der Waals surface area contributed by atoms with E-state index in [1.54, 1.807) is 18.2 Å². The summed E-state index contributed by atoms with van der Waals surface area (Å²) in [6.07, 6.45) is 2.20. The summed E-state index contributed by atoms with van der Waals surface area (Å²) < 4.78 is 0. The van der Waals surface area contributed by atoms with E-state index < -0.39 is 0 Å². The topological polar surface area (TPSA) is 29.1 Å². The summed E-state index contributed by atoms with van der Waals surface area (Å²) in [6.45, 7) is 1.87. The van der Waals surface area contributed by atoms with Gasteiger partial charge in [-0.3, -0.25) is 4.79 Å². The highest BCUT2D eigenvalue weighted by Crippen LogP contribution is 2.33. The summed E-state index contributed by atoms with van der Waals surface area (Å²) in [5, 5.41) is 4.07. The minimum Gasteiger partial charge on any atom is -0.352 e. The van der Waals surface area contributed by atoms with Gasteiger partial charge in [-0.25, -0.2) is 0 Å². The molecule has 0 heterocycles. The van der Waals surface area contributed by atoms with Crippen molar-refractivity contribution in [1.82, 2.24) is 5.32 Å². The first-order chi connectivity index (χ1) is 8.06. The van der Waals surface area contributed by atoms with E-state index in [0.717, 1.165) is 17.7 Å². The largest absolute Gasteiger partial charge is 0.352 e. The summed E-state index contributed by atoms with van der Waals surface area (Å²) in [5.74, 6) is 0.0635. The second kappa shape index (κ2) is 5.51. The maximum absolute atomic E-state index is 11.8. The van der Waals surface area contributed by atoms with Gasteiger partial charge in [-0.15, -0.1) is 11.8 Å². The van der Waals surface area contributed by atoms with Gasteiger partial charge in [0.2, 0.25) is 5.91 Å². The summed E-state index contributed by atoms with van der Waals surface area (Å²) >= 11 is 13.4. The molecule has 1 aromatic rings. The van der Waals surface area contributed by atoms with Crippen molar-refractivity contribution >= 4 is 40.9 Å². The average molecular weight is 290 g/mol. The average Bonchev–Trinajstić information content (AvgIpc) is 3.07. The lowest BCUT2D eigenvalue weighted by Crippen LogP contribution is -2.32. The molecule has 0 radical (unpaired) electrons. The molecule has 1 saturated carbocycles. The van der Waals surface area contributed by atoms with Gasteiger partial charge in [0.15, 0.2) is 0 Å². The number of hydrogen-bond donors (Lipinski definition) is 1. The number of carbonyl (C=O) groups is 1. The number of rotatable bonds is 4. The van der Waals surface area contributed by atoms with Crippen LogP contribution in [0.15, 0.2) is 23.1 Å². The van der Waals surface area contributed by atoms with Gasteiger partial charge < -0.3 is 5.32 Å². The van der Waals surface area contributed by atoms with E-state index in [2.05, 4.69) is 5.32 Å². The molecule has 1 aliphatic rings. The van der Waals surface area contributed by atoms with Crippen molar-refractivity contribution in [1.29, 1.82) is 0 Å². The molecule has 1 amide bonds. The molecule has 0 spiro atoms. The molecule has 1 fully saturated rings. The highest BCUT2D eigenvalue weighted by Gasteiger charge is 2.26. The second-order valence-electron chi connectivity index (χ2n) is 4.12. The Morgan fingerprint density at radius 2 is 2.18 bits per heavy atom. The fraction of sp³-hybridized carbons (Fsp3) is 0.417. The van der Waals surface area contributed by atoms with E-state index in [1.165, 1.54) is 11.8 Å². The number of amides is 1. The second-order valence-corrected chi connectivity index (χ2v) is 6.34. The highest BCUT2D eigenvalue weighted by molar-refractivity contribution is 8.00. The Morgan fingerprint density at radius 1 is 1.47 bits per heavy atom. The third-order valence-corrected chi connectivity index (χ3v) is 4.33. The lowest BCUT2D eigenvalue weighted by atomic mass is 10.4. The lowest BCUT2D eigenvalue weighted by Gasteiger charge is -2.12. The number of benzene rings is 1. The molecule has 5 heteroatoms. The molecule has 92 valence electrons. The van der Waals surface area contributed by atoms with Crippen molar-refractivity contribution in [2.75, 3.05) is 0 Å². The van der Waals surface area contributed by atoms with Gasteiger partial charge in [0.1, 0.15) is 0 Å². The van der Waals surface area contributed by atoms with Crippen molar-refractivity contribution in [3.8, 4) is 0 Å². The van der Waals surface area contributed by atoms with Gasteiger partial charge in [-0.1, -0.05) is 23.2 Å². The maximum atomic E-state index is 11.8. The van der Waals surface area contributed by atoms with E-state index in [-0.39, 0.29) is 11.2 Å². The molecule has 0 bridgehead atoms. The van der Waals surface area contributed by atoms with Crippen LogP contribution in [-0.2, 0) is 4.79 Å². The Morgan fingerprint density at radius 3 is 2.82 bits per heavy atom. The number of nitrogens with one attached hydrogen (secondary N) is 1. The molecule has 1 atom stereocenters. The number of hydrogen-bond acceptors (Lipinski definition) is 2. The number of thioether (sulfide) groups is 1. The first-order valence-corrected chi connectivity index (χ1v) is 7.12. The van der Waals surface area contributed by atoms with Crippen LogP contribution < -0.4 is 5.32 Å². The molecule has 0 aromatic heterocycles. The fourth-order valence-electron chi connectivity index (χ4n) is 1.36. The summed E-state index contributed by atoms with van der Waals surface area (Å²) in [5.41, 5.74) is 0. The minimum absolute atomic E-state index is 0.0635. The van der Waals surface area contributed by atoms with Crippen LogP contribution in [-0.4, -0.2) is 17.2 Å². The predicted octanol–water partition coefficient (Wildman–Crippen LogP) is 3.75. The molecule has 1 unspecified atom stereocenters. The third kappa shape index (κ3) is 3.80. The maximum Gasteiger partial charge on any atom is 0.233 e. The molecule has 0 aliphatic heterocycles. The predicted molar refractivity (Wildman–Crippen MR) is 72.9 cm³/mol. The molecule has 0 saturated heterocycles. The van der Waals surface area contributed by atoms with Gasteiger partial charge in [-0.2, -0.15) is 0 Å². The Kier molecular flexibility index (Phi) is 4.23. The van der Waals surface area contributed by atoms with Crippen molar-refractivity contribution in [2.24, 2.45) is 0 Å². The summed E-state index contributed by atoms with van der Waals surface area (Å²) in [6, 6.07) is 5.66. The molecule has 1 aromatic carbocycles. The van der Waals surface area contributed by atoms with E-state index in [9.17, 15) is 4.79 Å². The van der Waals surface area contributed by atoms with E-state index in [4.69, 9.17) is 23.2 Å². The van der Waals surface area contributed by atoms with Gasteiger partial charge in [0.05, 0.1) is 10.3 Å². The van der Waals surface area contributed by atoms with Gasteiger partial charge in [0, 0.05) is 16.0 Å². The fourth-order valence-corrected chi connectivity index (χ4v) is 2.78. The zero-order chi connectivity index (χ0) is 12.4. The first-order valence-electron chi connectivity index (χ1n) is 5.48. The van der Waals surface area contributed by atoms with Crippen LogP contribution in [0.2, 0.25) is 10.0 Å². The third-order valence-electron chi connectivity index (χ3n) is 2.49. The van der Waals surface area contributed by atoms with Crippen LogP contribution in [0.3, 0.4) is 0 Å².